The number of hydrogen-bond donors (Lipinski definition) is 2. The largest absolute Gasteiger partial charge is 0.443 e. The van der Waals surface area contributed by atoms with E-state index in [1.807, 2.05) is 0 Å². The van der Waals surface area contributed by atoms with E-state index in [4.69, 9.17) is 22.2 Å². The Morgan fingerprint density at radius 3 is 2.39 bits per heavy atom. The Hall–Kier alpha value is -2.97. The highest BCUT2D eigenvalue weighted by Gasteiger charge is 2.28. The highest BCUT2D eigenvalue weighted by Crippen LogP contribution is 2.26. The van der Waals surface area contributed by atoms with Crippen LogP contribution in [0.2, 0.25) is 5.02 Å². The smallest absolute Gasteiger partial charge is 0.417 e. The molecule has 2 rings (SSSR count). The second-order valence-electron chi connectivity index (χ2n) is 8.32. The summed E-state index contributed by atoms with van der Waals surface area (Å²) in [5.41, 5.74) is 3.44. The van der Waals surface area contributed by atoms with Gasteiger partial charge in [0.1, 0.15) is 11.4 Å². The van der Waals surface area contributed by atoms with Crippen LogP contribution in [0.1, 0.15) is 56.0 Å². The predicted octanol–water partition coefficient (Wildman–Crippen LogP) is 5.12. The molecule has 33 heavy (non-hydrogen) atoms. The van der Waals surface area contributed by atoms with Crippen LogP contribution in [0.4, 0.5) is 14.9 Å². The average molecular weight is 478 g/mol. The summed E-state index contributed by atoms with van der Waals surface area (Å²) in [6.07, 6.45) is 0.763. The third kappa shape index (κ3) is 8.14. The number of nitrogens with two attached hydrogens (primary N) is 1. The molecule has 178 valence electrons. The van der Waals surface area contributed by atoms with Crippen molar-refractivity contribution >= 4 is 35.1 Å². The lowest BCUT2D eigenvalue weighted by Gasteiger charge is -2.29. The van der Waals surface area contributed by atoms with Gasteiger partial charge in [-0.1, -0.05) is 17.7 Å². The summed E-state index contributed by atoms with van der Waals surface area (Å²) in [4.78, 5) is 37.9. The van der Waals surface area contributed by atoms with Crippen LogP contribution in [0, 0.1) is 5.82 Å². The zero-order valence-electron chi connectivity index (χ0n) is 19.0. The van der Waals surface area contributed by atoms with Gasteiger partial charge in [0, 0.05) is 31.9 Å². The lowest BCUT2D eigenvalue weighted by molar-refractivity contribution is -0.128. The standard InChI is InChI=1S/C24H29ClFN3O4/c1-16(30)29(13-5-4-6-22(31)18-8-10-19(26)11-9-18)23(32)33-24(2,3)15-17-7-12-20(25)21(14-17)28-27/h7-12,14,28H,4-6,13,15,27H2,1-3H3. The minimum atomic E-state index is -0.900. The molecule has 9 heteroatoms. The first-order valence-corrected chi connectivity index (χ1v) is 10.9. The van der Waals surface area contributed by atoms with Gasteiger partial charge in [-0.3, -0.25) is 15.4 Å². The number of Topliss-reactive ketones (excluding diaryl/α,β-unsaturated/α-hetero) is 1. The summed E-state index contributed by atoms with van der Waals surface area (Å²) < 4.78 is 18.6. The van der Waals surface area contributed by atoms with Crippen LogP contribution in [0.3, 0.4) is 0 Å². The number of halogens is 2. The SMILES string of the molecule is CC(=O)N(CCCCC(=O)c1ccc(F)cc1)C(=O)OC(C)(C)Cc1ccc(Cl)c(NN)c1. The number of carbonyl (C=O) groups excluding carboxylic acids is 3. The molecule has 2 aromatic rings. The van der Waals surface area contributed by atoms with E-state index in [1.165, 1.54) is 31.2 Å². The van der Waals surface area contributed by atoms with Crippen LogP contribution in [-0.2, 0) is 16.0 Å². The molecule has 0 atom stereocenters. The summed E-state index contributed by atoms with van der Waals surface area (Å²) in [7, 11) is 0. The molecule has 0 spiro atoms. The fraction of sp³-hybridized carbons (Fsp3) is 0.375. The maximum atomic E-state index is 13.0. The van der Waals surface area contributed by atoms with Crippen LogP contribution in [0.15, 0.2) is 42.5 Å². The molecule has 0 saturated carbocycles. The number of unbranched alkanes of at least 4 members (excludes halogenated alkanes) is 1. The first-order valence-electron chi connectivity index (χ1n) is 10.6. The number of hydrazine groups is 1. The molecule has 0 aromatic heterocycles. The van der Waals surface area contributed by atoms with Crippen molar-refractivity contribution in [3.8, 4) is 0 Å². The van der Waals surface area contributed by atoms with Crippen LogP contribution in [-0.4, -0.2) is 34.8 Å². The van der Waals surface area contributed by atoms with Crippen molar-refractivity contribution in [2.75, 3.05) is 12.0 Å². The molecule has 0 fully saturated rings. The molecule has 0 unspecified atom stereocenters. The number of imide groups is 1. The van der Waals surface area contributed by atoms with Gasteiger partial charge in [0.15, 0.2) is 5.78 Å². The van der Waals surface area contributed by atoms with E-state index >= 15 is 0 Å². The van der Waals surface area contributed by atoms with Crippen molar-refractivity contribution in [1.29, 1.82) is 0 Å². The van der Waals surface area contributed by atoms with E-state index in [1.54, 1.807) is 32.0 Å². The van der Waals surface area contributed by atoms with Crippen molar-refractivity contribution in [1.82, 2.24) is 4.90 Å². The second kappa shape index (κ2) is 11.8. The van der Waals surface area contributed by atoms with E-state index in [2.05, 4.69) is 5.43 Å². The van der Waals surface area contributed by atoms with Crippen molar-refractivity contribution in [3.63, 3.8) is 0 Å². The minimum Gasteiger partial charge on any atom is -0.443 e. The summed E-state index contributed by atoms with van der Waals surface area (Å²) in [5, 5.41) is 0.469. The molecule has 0 saturated heterocycles. The van der Waals surface area contributed by atoms with Crippen LogP contribution >= 0.6 is 11.6 Å². The molecule has 0 bridgehead atoms. The Morgan fingerprint density at radius 1 is 1.12 bits per heavy atom. The first kappa shape index (κ1) is 26.3. The molecule has 0 aliphatic heterocycles. The zero-order chi connectivity index (χ0) is 24.6. The maximum absolute atomic E-state index is 13.0. The average Bonchev–Trinajstić information content (AvgIpc) is 2.74. The molecular weight excluding hydrogens is 449 g/mol. The molecule has 2 amide bonds. The number of anilines is 1. The van der Waals surface area contributed by atoms with Crippen LogP contribution in [0.25, 0.3) is 0 Å². The van der Waals surface area contributed by atoms with E-state index in [0.29, 0.717) is 35.5 Å². The van der Waals surface area contributed by atoms with Gasteiger partial charge in [-0.05, 0) is 68.7 Å². The third-order valence-electron chi connectivity index (χ3n) is 4.98. The van der Waals surface area contributed by atoms with E-state index < -0.39 is 23.4 Å². The van der Waals surface area contributed by atoms with Gasteiger partial charge in [0.2, 0.25) is 5.91 Å². The predicted molar refractivity (Wildman–Crippen MR) is 125 cm³/mol. The molecule has 0 aliphatic rings. The van der Waals surface area contributed by atoms with Crippen molar-refractivity contribution in [2.45, 2.75) is 52.1 Å². The van der Waals surface area contributed by atoms with E-state index in [0.717, 1.165) is 10.5 Å². The Labute approximate surface area is 198 Å². The van der Waals surface area contributed by atoms with Gasteiger partial charge in [0.05, 0.1) is 10.7 Å². The number of amides is 2. The highest BCUT2D eigenvalue weighted by molar-refractivity contribution is 6.33. The summed E-state index contributed by atoms with van der Waals surface area (Å²) in [5.74, 6) is 4.48. The van der Waals surface area contributed by atoms with Gasteiger partial charge in [-0.25, -0.2) is 14.1 Å². The minimum absolute atomic E-state index is 0.123. The summed E-state index contributed by atoms with van der Waals surface area (Å²) in [6.45, 7) is 4.91. The van der Waals surface area contributed by atoms with Gasteiger partial charge in [-0.2, -0.15) is 0 Å². The Bertz CT molecular complexity index is 996. The van der Waals surface area contributed by atoms with Gasteiger partial charge in [0.25, 0.3) is 0 Å². The number of nitrogen functional groups attached to an aromatic ring is 1. The Balaban J connectivity index is 1.89. The number of nitrogens with one attached hydrogen (secondary N) is 1. The topological polar surface area (TPSA) is 102 Å². The van der Waals surface area contributed by atoms with E-state index in [9.17, 15) is 18.8 Å². The molecule has 3 N–H and O–H groups in total. The number of nitrogens with zero attached hydrogens (tertiary/aromatic N) is 1. The quantitative estimate of drug-likeness (QED) is 0.213. The van der Waals surface area contributed by atoms with Crippen molar-refractivity contribution < 1.29 is 23.5 Å². The summed E-state index contributed by atoms with van der Waals surface area (Å²) >= 11 is 6.04. The highest BCUT2D eigenvalue weighted by atomic mass is 35.5. The van der Waals surface area contributed by atoms with Gasteiger partial charge >= 0.3 is 6.09 Å². The van der Waals surface area contributed by atoms with Crippen LogP contribution in [0.5, 0.6) is 0 Å². The monoisotopic (exact) mass is 477 g/mol. The molecular formula is C24H29ClFN3O4. The second-order valence-corrected chi connectivity index (χ2v) is 8.73. The van der Waals surface area contributed by atoms with Crippen LogP contribution < -0.4 is 11.3 Å². The normalized spacial score (nSPS) is 11.1. The first-order chi connectivity index (χ1) is 15.5. The lowest BCUT2D eigenvalue weighted by atomic mass is 9.98. The lowest BCUT2D eigenvalue weighted by Crippen LogP contribution is -2.42. The summed E-state index contributed by atoms with van der Waals surface area (Å²) in [6, 6.07) is 10.6. The van der Waals surface area contributed by atoms with Gasteiger partial charge in [-0.15, -0.1) is 0 Å². The zero-order valence-corrected chi connectivity index (χ0v) is 19.7. The fourth-order valence-electron chi connectivity index (χ4n) is 3.33. The maximum Gasteiger partial charge on any atom is 0.417 e. The van der Waals surface area contributed by atoms with E-state index in [-0.39, 0.29) is 18.7 Å². The molecule has 0 radical (unpaired) electrons. The molecule has 2 aromatic carbocycles. The molecule has 0 heterocycles. The van der Waals surface area contributed by atoms with Crippen molar-refractivity contribution in [2.24, 2.45) is 5.84 Å². The molecule has 0 aliphatic carbocycles. The molecule has 7 nitrogen and oxygen atoms in total. The number of ether oxygens (including phenoxy) is 1. The Kier molecular flexibility index (Phi) is 9.37. The number of benzene rings is 2. The third-order valence-corrected chi connectivity index (χ3v) is 5.31. The number of rotatable bonds is 10. The number of ketones is 1. The number of hydrogen-bond acceptors (Lipinski definition) is 6. The fourth-order valence-corrected chi connectivity index (χ4v) is 3.50. The Morgan fingerprint density at radius 2 is 1.79 bits per heavy atom. The van der Waals surface area contributed by atoms with Crippen molar-refractivity contribution in [3.05, 3.63) is 64.4 Å². The van der Waals surface area contributed by atoms with Gasteiger partial charge < -0.3 is 10.2 Å². The number of carbonyl (C=O) groups is 3.